The highest BCUT2D eigenvalue weighted by Gasteiger charge is 2.28. The van der Waals surface area contributed by atoms with E-state index in [-0.39, 0.29) is 5.60 Å². The Morgan fingerprint density at radius 2 is 2.24 bits per heavy atom. The predicted molar refractivity (Wildman–Crippen MR) is 89.3 cm³/mol. The minimum Gasteiger partial charge on any atom is -0.375 e. The Hall–Kier alpha value is -0.970. The van der Waals surface area contributed by atoms with Gasteiger partial charge in [-0.15, -0.1) is 0 Å². The molecule has 0 radical (unpaired) electrons. The van der Waals surface area contributed by atoms with E-state index in [1.165, 1.54) is 10.9 Å². The fraction of sp³-hybridized carbons (Fsp3) is 0.471. The van der Waals surface area contributed by atoms with Gasteiger partial charge in [-0.25, -0.2) is 0 Å². The summed E-state index contributed by atoms with van der Waals surface area (Å²) in [4.78, 5) is 4.54. The number of fused-ring (bicyclic) bond motifs is 1. The number of ether oxygens (including phenoxy) is 1. The Morgan fingerprint density at radius 1 is 1.38 bits per heavy atom. The number of nitrogens with one attached hydrogen (secondary N) is 1. The third kappa shape index (κ3) is 3.44. The van der Waals surface area contributed by atoms with Crippen LogP contribution in [0.2, 0.25) is 0 Å². The number of hydrogen-bond acceptors (Lipinski definition) is 3. The average Bonchev–Trinajstić information content (AvgIpc) is 2.46. The Morgan fingerprint density at radius 3 is 3.05 bits per heavy atom. The van der Waals surface area contributed by atoms with E-state index in [1.54, 1.807) is 0 Å². The van der Waals surface area contributed by atoms with Crippen LogP contribution in [-0.2, 0) is 11.3 Å². The van der Waals surface area contributed by atoms with E-state index in [0.29, 0.717) is 6.04 Å². The first-order valence-electron chi connectivity index (χ1n) is 7.45. The maximum absolute atomic E-state index is 5.78. The molecule has 1 aliphatic heterocycles. The molecule has 1 aliphatic rings. The summed E-state index contributed by atoms with van der Waals surface area (Å²) in [5.41, 5.74) is 2.31. The number of rotatable bonds is 3. The minimum absolute atomic E-state index is 0.0179. The van der Waals surface area contributed by atoms with Crippen molar-refractivity contribution >= 4 is 26.8 Å². The van der Waals surface area contributed by atoms with Crippen molar-refractivity contribution in [2.24, 2.45) is 0 Å². The molecule has 1 atom stereocenters. The molecule has 2 heterocycles. The van der Waals surface area contributed by atoms with E-state index >= 15 is 0 Å². The summed E-state index contributed by atoms with van der Waals surface area (Å²) in [6, 6.07) is 8.85. The van der Waals surface area contributed by atoms with Crippen molar-refractivity contribution in [2.75, 3.05) is 6.61 Å². The summed E-state index contributed by atoms with van der Waals surface area (Å²) >= 11 is 3.60. The molecule has 1 fully saturated rings. The highest BCUT2D eigenvalue weighted by molar-refractivity contribution is 9.10. The van der Waals surface area contributed by atoms with Crippen LogP contribution in [0.15, 0.2) is 34.9 Å². The van der Waals surface area contributed by atoms with Gasteiger partial charge in [0.15, 0.2) is 0 Å². The Kier molecular flexibility index (Phi) is 4.29. The van der Waals surface area contributed by atoms with E-state index in [2.05, 4.69) is 58.3 Å². The second kappa shape index (κ2) is 6.03. The molecule has 21 heavy (non-hydrogen) atoms. The fourth-order valence-electron chi connectivity index (χ4n) is 3.00. The molecule has 3 nitrogen and oxygen atoms in total. The molecule has 0 aliphatic carbocycles. The van der Waals surface area contributed by atoms with Gasteiger partial charge in [-0.2, -0.15) is 0 Å². The molecular formula is C17H21BrN2O. The Labute approximate surface area is 134 Å². The lowest BCUT2D eigenvalue weighted by Gasteiger charge is -2.36. The minimum atomic E-state index is -0.0179. The molecule has 0 spiro atoms. The molecule has 0 amide bonds. The van der Waals surface area contributed by atoms with E-state index in [9.17, 15) is 0 Å². The van der Waals surface area contributed by atoms with Crippen LogP contribution in [0.5, 0.6) is 0 Å². The van der Waals surface area contributed by atoms with Crippen LogP contribution in [0.4, 0.5) is 0 Å². The number of hydrogen-bond donors (Lipinski definition) is 1. The molecule has 1 aromatic carbocycles. The molecule has 2 aromatic rings. The topological polar surface area (TPSA) is 34.2 Å². The summed E-state index contributed by atoms with van der Waals surface area (Å²) in [5.74, 6) is 0. The van der Waals surface area contributed by atoms with Crippen molar-refractivity contribution < 1.29 is 4.74 Å². The van der Waals surface area contributed by atoms with Gasteiger partial charge >= 0.3 is 0 Å². The van der Waals surface area contributed by atoms with Crippen molar-refractivity contribution in [2.45, 2.75) is 44.9 Å². The first kappa shape index (κ1) is 14.9. The van der Waals surface area contributed by atoms with Gasteiger partial charge in [-0.1, -0.05) is 28.1 Å². The van der Waals surface area contributed by atoms with Crippen LogP contribution in [0.25, 0.3) is 10.9 Å². The molecular weight excluding hydrogens is 328 g/mol. The summed E-state index contributed by atoms with van der Waals surface area (Å²) in [7, 11) is 0. The molecule has 1 unspecified atom stereocenters. The summed E-state index contributed by atoms with van der Waals surface area (Å²) in [6.45, 7) is 6.01. The van der Waals surface area contributed by atoms with Gasteiger partial charge in [0, 0.05) is 35.2 Å². The zero-order valence-corrected chi connectivity index (χ0v) is 14.1. The number of aromatic nitrogens is 1. The van der Waals surface area contributed by atoms with Crippen LogP contribution in [-0.4, -0.2) is 23.2 Å². The number of pyridine rings is 1. The van der Waals surface area contributed by atoms with Crippen molar-refractivity contribution in [1.82, 2.24) is 10.3 Å². The molecule has 112 valence electrons. The van der Waals surface area contributed by atoms with Crippen LogP contribution in [0, 0.1) is 0 Å². The SMILES string of the molecule is CC1(C)CC(NCc2ccc(Br)c3cccnc23)CCO1. The number of benzene rings is 1. The first-order valence-corrected chi connectivity index (χ1v) is 8.24. The van der Waals surface area contributed by atoms with Gasteiger partial charge in [-0.3, -0.25) is 4.98 Å². The van der Waals surface area contributed by atoms with E-state index in [4.69, 9.17) is 4.74 Å². The third-order valence-corrected chi connectivity index (χ3v) is 4.77. The Bertz CT molecular complexity index is 642. The first-order chi connectivity index (χ1) is 10.1. The third-order valence-electron chi connectivity index (χ3n) is 4.08. The standard InChI is InChI=1S/C17H21BrN2O/c1-17(2)10-13(7-9-21-17)20-11-12-5-6-15(18)14-4-3-8-19-16(12)14/h3-6,8,13,20H,7,9-11H2,1-2H3. The molecule has 4 heteroatoms. The summed E-state index contributed by atoms with van der Waals surface area (Å²) in [6.07, 6.45) is 3.98. The lowest BCUT2D eigenvalue weighted by Crippen LogP contribution is -2.43. The van der Waals surface area contributed by atoms with E-state index < -0.39 is 0 Å². The van der Waals surface area contributed by atoms with Crippen molar-refractivity contribution in [3.63, 3.8) is 0 Å². The van der Waals surface area contributed by atoms with Gasteiger partial charge in [0.1, 0.15) is 0 Å². The van der Waals surface area contributed by atoms with E-state index in [1.807, 2.05) is 12.3 Å². The quantitative estimate of drug-likeness (QED) is 0.908. The van der Waals surface area contributed by atoms with Crippen molar-refractivity contribution in [1.29, 1.82) is 0 Å². The lowest BCUT2D eigenvalue weighted by atomic mass is 9.94. The van der Waals surface area contributed by atoms with Crippen molar-refractivity contribution in [3.8, 4) is 0 Å². The summed E-state index contributed by atoms with van der Waals surface area (Å²) in [5, 5.41) is 4.84. The van der Waals surface area contributed by atoms with Gasteiger partial charge in [0.25, 0.3) is 0 Å². The number of nitrogens with zero attached hydrogens (tertiary/aromatic N) is 1. The Balaban J connectivity index is 1.75. The maximum atomic E-state index is 5.78. The van der Waals surface area contributed by atoms with Crippen molar-refractivity contribution in [3.05, 3.63) is 40.5 Å². The lowest BCUT2D eigenvalue weighted by molar-refractivity contribution is -0.0630. The van der Waals surface area contributed by atoms with Gasteiger partial charge < -0.3 is 10.1 Å². The second-order valence-electron chi connectivity index (χ2n) is 6.28. The fourth-order valence-corrected chi connectivity index (χ4v) is 3.45. The second-order valence-corrected chi connectivity index (χ2v) is 7.14. The molecule has 1 aromatic heterocycles. The van der Waals surface area contributed by atoms with Gasteiger partial charge in [0.05, 0.1) is 11.1 Å². The highest BCUT2D eigenvalue weighted by atomic mass is 79.9. The molecule has 1 N–H and O–H groups in total. The summed E-state index contributed by atoms with van der Waals surface area (Å²) < 4.78 is 6.87. The average molecular weight is 349 g/mol. The monoisotopic (exact) mass is 348 g/mol. The molecule has 0 saturated carbocycles. The van der Waals surface area contributed by atoms with E-state index in [0.717, 1.165) is 36.0 Å². The van der Waals surface area contributed by atoms with Crippen LogP contribution >= 0.6 is 15.9 Å². The van der Waals surface area contributed by atoms with Crippen LogP contribution in [0.3, 0.4) is 0 Å². The molecule has 1 saturated heterocycles. The number of halogens is 1. The predicted octanol–water partition coefficient (Wildman–Crippen LogP) is 4.04. The maximum Gasteiger partial charge on any atom is 0.0758 e. The van der Waals surface area contributed by atoms with Gasteiger partial charge in [-0.05, 0) is 44.4 Å². The smallest absolute Gasteiger partial charge is 0.0758 e. The highest BCUT2D eigenvalue weighted by Crippen LogP contribution is 2.27. The zero-order chi connectivity index (χ0) is 14.9. The van der Waals surface area contributed by atoms with Crippen LogP contribution in [0.1, 0.15) is 32.3 Å². The molecule has 0 bridgehead atoms. The van der Waals surface area contributed by atoms with Gasteiger partial charge in [0.2, 0.25) is 0 Å². The van der Waals surface area contributed by atoms with Crippen LogP contribution < -0.4 is 5.32 Å². The normalized spacial score (nSPS) is 21.6. The zero-order valence-electron chi connectivity index (χ0n) is 12.5. The largest absolute Gasteiger partial charge is 0.375 e. The molecule has 3 rings (SSSR count).